The molecule has 0 atom stereocenters. The van der Waals surface area contributed by atoms with Crippen molar-refractivity contribution >= 4 is 110 Å². The summed E-state index contributed by atoms with van der Waals surface area (Å²) in [6.45, 7) is 4.83. The fraction of sp³-hybridized carbons (Fsp3) is 0.0448. The van der Waals surface area contributed by atoms with Gasteiger partial charge in [0, 0.05) is 49.7 Å². The number of hydrogen-bond donors (Lipinski definition) is 0. The van der Waals surface area contributed by atoms with E-state index < -0.39 is 0 Å². The first-order chi connectivity index (χ1) is 34.0. The summed E-state index contributed by atoms with van der Waals surface area (Å²) < 4.78 is 0. The van der Waals surface area contributed by atoms with E-state index in [0.717, 1.165) is 34.1 Å². The van der Waals surface area contributed by atoms with Gasteiger partial charge in [-0.25, -0.2) is 0 Å². The fourth-order valence-electron chi connectivity index (χ4n) is 11.7. The van der Waals surface area contributed by atoms with Crippen molar-refractivity contribution in [3.63, 3.8) is 0 Å². The lowest BCUT2D eigenvalue weighted by Crippen LogP contribution is -2.17. The van der Waals surface area contributed by atoms with Gasteiger partial charge in [-0.1, -0.05) is 196 Å². The molecule has 0 unspecified atom stereocenters. The van der Waals surface area contributed by atoms with Crippen LogP contribution < -0.4 is 9.80 Å². The van der Waals surface area contributed by atoms with Crippen molar-refractivity contribution in [2.24, 2.45) is 0 Å². The van der Waals surface area contributed by atoms with Gasteiger partial charge in [0.2, 0.25) is 0 Å². The van der Waals surface area contributed by atoms with Crippen LogP contribution in [0.2, 0.25) is 0 Å². The zero-order valence-corrected chi connectivity index (χ0v) is 38.5. The highest BCUT2D eigenvalue weighted by Gasteiger charge is 2.38. The van der Waals surface area contributed by atoms with Gasteiger partial charge in [-0.15, -0.1) is 0 Å². The summed E-state index contributed by atoms with van der Waals surface area (Å²) in [5, 5.41) is 17.0. The average Bonchev–Trinajstić information content (AvgIpc) is 3.63. The van der Waals surface area contributed by atoms with E-state index in [-0.39, 0.29) is 5.41 Å². The van der Waals surface area contributed by atoms with E-state index in [1.165, 1.54) is 97.7 Å². The van der Waals surface area contributed by atoms with Crippen molar-refractivity contribution in [3.8, 4) is 11.1 Å². The smallest absolute Gasteiger partial charge is 0.0620 e. The zero-order valence-electron chi connectivity index (χ0n) is 38.5. The highest BCUT2D eigenvalue weighted by Crippen LogP contribution is 2.57. The van der Waals surface area contributed by atoms with Crippen molar-refractivity contribution in [2.45, 2.75) is 19.3 Å². The van der Waals surface area contributed by atoms with Gasteiger partial charge in [0.05, 0.1) is 11.4 Å². The van der Waals surface area contributed by atoms with Gasteiger partial charge in [0.1, 0.15) is 0 Å². The third kappa shape index (κ3) is 6.12. The highest BCUT2D eigenvalue weighted by molar-refractivity contribution is 6.25. The van der Waals surface area contributed by atoms with Crippen LogP contribution in [0, 0.1) is 0 Å². The Balaban J connectivity index is 1.17. The minimum atomic E-state index is -0.265. The highest BCUT2D eigenvalue weighted by atomic mass is 15.2. The van der Waals surface area contributed by atoms with Crippen LogP contribution in [-0.2, 0) is 5.41 Å². The van der Waals surface area contributed by atoms with E-state index in [0.29, 0.717) is 0 Å². The molecule has 1 aliphatic carbocycles. The number of fused-ring (bicyclic) bond motifs is 11. The molecule has 0 amide bonds. The average molecular weight is 879 g/mol. The van der Waals surface area contributed by atoms with Crippen molar-refractivity contribution in [1.82, 2.24) is 0 Å². The van der Waals surface area contributed by atoms with Gasteiger partial charge in [0.15, 0.2) is 0 Å². The first-order valence-electron chi connectivity index (χ1n) is 24.1. The van der Waals surface area contributed by atoms with E-state index in [2.05, 4.69) is 266 Å². The van der Waals surface area contributed by atoms with Gasteiger partial charge in [-0.3, -0.25) is 0 Å². The van der Waals surface area contributed by atoms with Gasteiger partial charge < -0.3 is 9.80 Å². The van der Waals surface area contributed by atoms with E-state index in [1.54, 1.807) is 0 Å². The lowest BCUT2D eigenvalue weighted by Gasteiger charge is -2.34. The second kappa shape index (κ2) is 15.2. The Bertz CT molecular complexity index is 4100. The lowest BCUT2D eigenvalue weighted by atomic mass is 9.81. The SMILES string of the molecule is CC1(C)c2cc3c(N(c4ccc5ccccc5c4)c4ccc5ccccc5c4)c4ccccc4c(N(c4ccc5ccccc5c4)c4ccc5ccccc5c4)c3cc2-c2c1ccc1ccccc21. The molecule has 13 aromatic rings. The van der Waals surface area contributed by atoms with Gasteiger partial charge >= 0.3 is 0 Å². The first-order valence-corrected chi connectivity index (χ1v) is 24.1. The monoisotopic (exact) mass is 878 g/mol. The largest absolute Gasteiger partial charge is 0.309 e. The molecule has 0 aliphatic heterocycles. The summed E-state index contributed by atoms with van der Waals surface area (Å²) in [4.78, 5) is 5.08. The summed E-state index contributed by atoms with van der Waals surface area (Å²) in [5.41, 5.74) is 11.8. The Morgan fingerprint density at radius 2 is 0.594 bits per heavy atom. The minimum Gasteiger partial charge on any atom is -0.309 e. The van der Waals surface area contributed by atoms with Crippen LogP contribution in [0.3, 0.4) is 0 Å². The van der Waals surface area contributed by atoms with Gasteiger partial charge in [-0.05, 0) is 137 Å². The van der Waals surface area contributed by atoms with Crippen LogP contribution in [0.5, 0.6) is 0 Å². The van der Waals surface area contributed by atoms with Crippen molar-refractivity contribution in [2.75, 3.05) is 9.80 Å². The number of hydrogen-bond acceptors (Lipinski definition) is 2. The predicted octanol–water partition coefficient (Wildman–Crippen LogP) is 19.0. The second-order valence-electron chi connectivity index (χ2n) is 19.3. The Morgan fingerprint density at radius 3 is 1.01 bits per heavy atom. The number of benzene rings is 13. The number of nitrogens with zero attached hydrogens (tertiary/aromatic N) is 2. The molecule has 0 radical (unpaired) electrons. The standard InChI is InChI=1S/C67H46N2/c1-67(2)62-36-31-47-19-11-12-24-56(47)64(62)61-41-59-60(42-63(61)67)66(69(54-34-29-45-17-5-9-22-50(45)39-54)55-35-30-46-18-6-10-23-51(46)40-55)58-26-14-13-25-57(58)65(59)68(52-32-27-43-15-3-7-20-48(43)37-52)53-33-28-44-16-4-8-21-49(44)38-53/h3-42H,1-2H3. The molecule has 69 heavy (non-hydrogen) atoms. The molecule has 324 valence electrons. The third-order valence-corrected chi connectivity index (χ3v) is 15.1. The van der Waals surface area contributed by atoms with Crippen molar-refractivity contribution in [1.29, 1.82) is 0 Å². The normalized spacial score (nSPS) is 12.9. The maximum absolute atomic E-state index is 2.57. The molecule has 13 aromatic carbocycles. The molecule has 14 rings (SSSR count). The summed E-state index contributed by atoms with van der Waals surface area (Å²) >= 11 is 0. The third-order valence-electron chi connectivity index (χ3n) is 15.1. The van der Waals surface area contributed by atoms with Crippen LogP contribution in [0.25, 0.3) is 86.5 Å². The summed E-state index contributed by atoms with van der Waals surface area (Å²) in [5.74, 6) is 0. The predicted molar refractivity (Wildman–Crippen MR) is 296 cm³/mol. The lowest BCUT2D eigenvalue weighted by molar-refractivity contribution is 0.661. The molecule has 1 aliphatic rings. The Kier molecular flexibility index (Phi) is 8.66. The van der Waals surface area contributed by atoms with Crippen molar-refractivity contribution in [3.05, 3.63) is 254 Å². The summed E-state index contributed by atoms with van der Waals surface area (Å²) in [6, 6.07) is 90.6. The minimum absolute atomic E-state index is 0.265. The molecule has 0 bridgehead atoms. The Labute approximate surface area is 401 Å². The first kappa shape index (κ1) is 39.4. The Hall–Kier alpha value is -8.72. The van der Waals surface area contributed by atoms with E-state index in [1.807, 2.05) is 0 Å². The molecule has 0 saturated heterocycles. The molecule has 0 fully saturated rings. The fourth-order valence-corrected chi connectivity index (χ4v) is 11.7. The molecule has 0 heterocycles. The molecule has 0 spiro atoms. The molecular weight excluding hydrogens is 833 g/mol. The van der Waals surface area contributed by atoms with Crippen molar-refractivity contribution < 1.29 is 0 Å². The topological polar surface area (TPSA) is 6.48 Å². The quantitative estimate of drug-likeness (QED) is 0.121. The van der Waals surface area contributed by atoms with Gasteiger partial charge in [-0.2, -0.15) is 0 Å². The summed E-state index contributed by atoms with van der Waals surface area (Å²) in [6.07, 6.45) is 0. The van der Waals surface area contributed by atoms with E-state index >= 15 is 0 Å². The van der Waals surface area contributed by atoms with Crippen LogP contribution in [0.4, 0.5) is 34.1 Å². The molecule has 2 nitrogen and oxygen atoms in total. The molecule has 0 saturated carbocycles. The Morgan fingerprint density at radius 1 is 0.261 bits per heavy atom. The van der Waals surface area contributed by atoms with E-state index in [4.69, 9.17) is 0 Å². The second-order valence-corrected chi connectivity index (χ2v) is 19.3. The maximum Gasteiger partial charge on any atom is 0.0620 e. The molecule has 2 heteroatoms. The van der Waals surface area contributed by atoms with Gasteiger partial charge in [0.25, 0.3) is 0 Å². The van der Waals surface area contributed by atoms with Crippen LogP contribution in [0.1, 0.15) is 25.0 Å². The van der Waals surface area contributed by atoms with Crippen LogP contribution in [0.15, 0.2) is 243 Å². The zero-order chi connectivity index (χ0) is 45.8. The van der Waals surface area contributed by atoms with Crippen LogP contribution >= 0.6 is 0 Å². The molecule has 0 aromatic heterocycles. The van der Waals surface area contributed by atoms with E-state index in [9.17, 15) is 0 Å². The molecule has 0 N–H and O–H groups in total. The number of anilines is 6. The van der Waals surface area contributed by atoms with Crippen LogP contribution in [-0.4, -0.2) is 0 Å². The number of rotatable bonds is 6. The summed E-state index contributed by atoms with van der Waals surface area (Å²) in [7, 11) is 0. The molecular formula is C67H46N2. The maximum atomic E-state index is 2.57.